The van der Waals surface area contributed by atoms with Gasteiger partial charge >= 0.3 is 0 Å². The lowest BCUT2D eigenvalue weighted by atomic mass is 10.2. The molecule has 2 unspecified atom stereocenters. The largest absolute Gasteiger partial charge is 0.491 e. The number of amides is 2. The Kier molecular flexibility index (Phi) is 8.23. The summed E-state index contributed by atoms with van der Waals surface area (Å²) in [5.74, 6) is 0.583. The smallest absolute Gasteiger partial charge is 0.265 e. The van der Waals surface area contributed by atoms with E-state index in [1.807, 2.05) is 0 Å². The predicted molar refractivity (Wildman–Crippen MR) is 135 cm³/mol. The van der Waals surface area contributed by atoms with Crippen LogP contribution in [0.4, 0.5) is 11.4 Å². The molecule has 0 saturated carbocycles. The van der Waals surface area contributed by atoms with Gasteiger partial charge in [-0.1, -0.05) is 23.7 Å². The highest BCUT2D eigenvalue weighted by molar-refractivity contribution is 6.32. The van der Waals surface area contributed by atoms with Crippen LogP contribution >= 0.6 is 11.6 Å². The molecule has 0 aliphatic carbocycles. The average Bonchev–Trinajstić information content (AvgIpc) is 3.39. The standard InChI is InChI=1S/C27H27ClN2O5/c1-18(35-25-7-3-2-6-24(25)28)26(31)29-20-10-12-21(13-11-20)30-27(32)19-8-14-22(15-9-19)34-17-23-5-4-16-33-23/h2-3,6-15,18,23H,4-5,16-17H2,1H3,(H,29,31)(H,30,32). The summed E-state index contributed by atoms with van der Waals surface area (Å²) in [6, 6.07) is 20.8. The van der Waals surface area contributed by atoms with E-state index in [1.165, 1.54) is 0 Å². The van der Waals surface area contributed by atoms with Crippen LogP contribution in [0.25, 0.3) is 0 Å². The van der Waals surface area contributed by atoms with Crippen molar-refractivity contribution in [3.63, 3.8) is 0 Å². The van der Waals surface area contributed by atoms with E-state index in [1.54, 1.807) is 79.7 Å². The summed E-state index contributed by atoms with van der Waals surface area (Å²) in [5, 5.41) is 6.07. The third-order valence-corrected chi connectivity index (χ3v) is 5.81. The molecule has 7 nitrogen and oxygen atoms in total. The molecular formula is C27H27ClN2O5. The number of carbonyl (C=O) groups is 2. The van der Waals surface area contributed by atoms with E-state index in [4.69, 9.17) is 25.8 Å². The minimum Gasteiger partial charge on any atom is -0.491 e. The van der Waals surface area contributed by atoms with Gasteiger partial charge in [-0.05, 0) is 80.4 Å². The summed E-state index contributed by atoms with van der Waals surface area (Å²) in [6.45, 7) is 2.95. The van der Waals surface area contributed by atoms with Gasteiger partial charge in [0.05, 0.1) is 11.1 Å². The van der Waals surface area contributed by atoms with Crippen LogP contribution in [0.2, 0.25) is 5.02 Å². The Hall–Kier alpha value is -3.55. The summed E-state index contributed by atoms with van der Waals surface area (Å²) < 4.78 is 16.9. The fourth-order valence-electron chi connectivity index (χ4n) is 3.54. The Morgan fingerprint density at radius 1 is 1.00 bits per heavy atom. The fraction of sp³-hybridized carbons (Fsp3) is 0.259. The third-order valence-electron chi connectivity index (χ3n) is 5.50. The minimum atomic E-state index is -0.744. The van der Waals surface area contributed by atoms with Crippen LogP contribution in [0, 0.1) is 0 Å². The van der Waals surface area contributed by atoms with Crippen molar-refractivity contribution in [3.05, 3.63) is 83.4 Å². The van der Waals surface area contributed by atoms with Gasteiger partial charge in [-0.2, -0.15) is 0 Å². The number of para-hydroxylation sites is 1. The van der Waals surface area contributed by atoms with Crippen molar-refractivity contribution in [2.75, 3.05) is 23.8 Å². The molecule has 3 aromatic carbocycles. The van der Waals surface area contributed by atoms with Crippen molar-refractivity contribution >= 4 is 34.8 Å². The first-order valence-electron chi connectivity index (χ1n) is 11.5. The maximum absolute atomic E-state index is 12.6. The highest BCUT2D eigenvalue weighted by atomic mass is 35.5. The molecule has 0 spiro atoms. The number of ether oxygens (including phenoxy) is 3. The predicted octanol–water partition coefficient (Wildman–Crippen LogP) is 5.56. The molecule has 35 heavy (non-hydrogen) atoms. The molecule has 3 aromatic rings. The second kappa shape index (κ2) is 11.7. The van der Waals surface area contributed by atoms with E-state index in [-0.39, 0.29) is 17.9 Å². The van der Waals surface area contributed by atoms with E-state index in [9.17, 15) is 9.59 Å². The van der Waals surface area contributed by atoms with E-state index in [0.717, 1.165) is 19.4 Å². The molecule has 2 atom stereocenters. The fourth-order valence-corrected chi connectivity index (χ4v) is 3.72. The molecule has 0 radical (unpaired) electrons. The van der Waals surface area contributed by atoms with E-state index >= 15 is 0 Å². The highest BCUT2D eigenvalue weighted by Gasteiger charge is 2.17. The Balaban J connectivity index is 1.26. The Morgan fingerprint density at radius 2 is 1.69 bits per heavy atom. The quantitative estimate of drug-likeness (QED) is 0.407. The molecule has 1 saturated heterocycles. The Morgan fingerprint density at radius 3 is 2.34 bits per heavy atom. The molecule has 0 aromatic heterocycles. The van der Waals surface area contributed by atoms with Crippen LogP contribution in [-0.4, -0.2) is 37.2 Å². The molecule has 1 heterocycles. The second-order valence-electron chi connectivity index (χ2n) is 8.18. The summed E-state index contributed by atoms with van der Waals surface area (Å²) in [7, 11) is 0. The molecule has 2 amide bonds. The van der Waals surface area contributed by atoms with Crippen LogP contribution < -0.4 is 20.1 Å². The molecule has 1 aliphatic rings. The van der Waals surface area contributed by atoms with Crippen LogP contribution in [-0.2, 0) is 9.53 Å². The number of nitrogens with one attached hydrogen (secondary N) is 2. The van der Waals surface area contributed by atoms with E-state index in [2.05, 4.69) is 10.6 Å². The van der Waals surface area contributed by atoms with Crippen molar-refractivity contribution in [1.29, 1.82) is 0 Å². The monoisotopic (exact) mass is 494 g/mol. The number of anilines is 2. The zero-order valence-corrected chi connectivity index (χ0v) is 20.1. The van der Waals surface area contributed by atoms with Gasteiger partial charge in [0.15, 0.2) is 6.10 Å². The lowest BCUT2D eigenvalue weighted by molar-refractivity contribution is -0.122. The van der Waals surface area contributed by atoms with Gasteiger partial charge in [-0.25, -0.2) is 0 Å². The van der Waals surface area contributed by atoms with Crippen molar-refractivity contribution in [2.45, 2.75) is 32.0 Å². The molecule has 1 aliphatic heterocycles. The van der Waals surface area contributed by atoms with Crippen LogP contribution in [0.1, 0.15) is 30.1 Å². The first-order valence-corrected chi connectivity index (χ1v) is 11.8. The minimum absolute atomic E-state index is 0.142. The van der Waals surface area contributed by atoms with Gasteiger partial charge in [0.25, 0.3) is 11.8 Å². The molecule has 182 valence electrons. The molecule has 0 bridgehead atoms. The molecule has 1 fully saturated rings. The first-order chi connectivity index (χ1) is 17.0. The van der Waals surface area contributed by atoms with Gasteiger partial charge in [0.1, 0.15) is 18.1 Å². The Labute approximate surface area is 209 Å². The maximum atomic E-state index is 12.6. The summed E-state index contributed by atoms with van der Waals surface area (Å²) in [6.07, 6.45) is 1.48. The van der Waals surface area contributed by atoms with Gasteiger partial charge in [-0.3, -0.25) is 9.59 Å². The van der Waals surface area contributed by atoms with Gasteiger partial charge < -0.3 is 24.8 Å². The molecule has 2 N–H and O–H groups in total. The molecule has 4 rings (SSSR count). The van der Waals surface area contributed by atoms with Crippen molar-refractivity contribution in [1.82, 2.24) is 0 Å². The normalized spacial score (nSPS) is 15.8. The van der Waals surface area contributed by atoms with Crippen LogP contribution in [0.15, 0.2) is 72.8 Å². The second-order valence-corrected chi connectivity index (χ2v) is 8.59. The van der Waals surface area contributed by atoms with Crippen molar-refractivity contribution in [3.8, 4) is 11.5 Å². The Bertz CT molecular complexity index is 1140. The number of benzene rings is 3. The third kappa shape index (κ3) is 6.97. The number of carbonyl (C=O) groups excluding carboxylic acids is 2. The highest BCUT2D eigenvalue weighted by Crippen LogP contribution is 2.25. The first kappa shape index (κ1) is 24.6. The van der Waals surface area contributed by atoms with Gasteiger partial charge in [-0.15, -0.1) is 0 Å². The molecular weight excluding hydrogens is 468 g/mol. The number of hydrogen-bond donors (Lipinski definition) is 2. The zero-order valence-electron chi connectivity index (χ0n) is 19.3. The summed E-state index contributed by atoms with van der Waals surface area (Å²) in [5.41, 5.74) is 1.69. The zero-order chi connectivity index (χ0) is 24.6. The lowest BCUT2D eigenvalue weighted by Gasteiger charge is -2.16. The SMILES string of the molecule is CC(Oc1ccccc1Cl)C(=O)Nc1ccc(NC(=O)c2ccc(OCC3CCCO3)cc2)cc1. The van der Waals surface area contributed by atoms with Crippen molar-refractivity contribution < 1.29 is 23.8 Å². The van der Waals surface area contributed by atoms with E-state index in [0.29, 0.717) is 40.1 Å². The van der Waals surface area contributed by atoms with E-state index < -0.39 is 6.10 Å². The van der Waals surface area contributed by atoms with Crippen LogP contribution in [0.5, 0.6) is 11.5 Å². The summed E-state index contributed by atoms with van der Waals surface area (Å²) in [4.78, 5) is 25.0. The van der Waals surface area contributed by atoms with Gasteiger partial charge in [0, 0.05) is 23.5 Å². The topological polar surface area (TPSA) is 85.9 Å². The average molecular weight is 495 g/mol. The maximum Gasteiger partial charge on any atom is 0.265 e. The van der Waals surface area contributed by atoms with Crippen molar-refractivity contribution in [2.24, 2.45) is 0 Å². The number of halogens is 1. The number of rotatable bonds is 9. The summed E-state index contributed by atoms with van der Waals surface area (Å²) >= 11 is 6.08. The van der Waals surface area contributed by atoms with Gasteiger partial charge in [0.2, 0.25) is 0 Å². The lowest BCUT2D eigenvalue weighted by Crippen LogP contribution is -2.30. The van der Waals surface area contributed by atoms with Crippen LogP contribution in [0.3, 0.4) is 0 Å². The molecule has 8 heteroatoms. The number of hydrogen-bond acceptors (Lipinski definition) is 5.